The van der Waals surface area contributed by atoms with Crippen LogP contribution in [0.4, 0.5) is 5.69 Å². The second-order valence-corrected chi connectivity index (χ2v) is 5.06. The van der Waals surface area contributed by atoms with E-state index < -0.39 is 0 Å². The summed E-state index contributed by atoms with van der Waals surface area (Å²) in [7, 11) is 0. The molecule has 21 heavy (non-hydrogen) atoms. The van der Waals surface area contributed by atoms with E-state index in [1.807, 2.05) is 42.5 Å². The number of ether oxygens (including phenoxy) is 1. The number of nitrogens with zero attached hydrogens (tertiary/aromatic N) is 1. The first kappa shape index (κ1) is 13.4. The molecule has 3 rings (SSSR count). The number of anilines is 1. The van der Waals surface area contributed by atoms with Gasteiger partial charge in [0.15, 0.2) is 0 Å². The largest absolute Gasteiger partial charge is 0.492 e. The van der Waals surface area contributed by atoms with Crippen LogP contribution in [-0.2, 0) is 6.42 Å². The lowest BCUT2D eigenvalue weighted by molar-refractivity contribution is 0.310. The zero-order valence-electron chi connectivity index (χ0n) is 11.8. The third-order valence-corrected chi connectivity index (χ3v) is 3.42. The Morgan fingerprint density at radius 3 is 2.67 bits per heavy atom. The van der Waals surface area contributed by atoms with Gasteiger partial charge in [0.25, 0.3) is 0 Å². The molecule has 0 radical (unpaired) electrons. The van der Waals surface area contributed by atoms with E-state index in [0.717, 1.165) is 35.2 Å². The molecule has 0 atom stereocenters. The van der Waals surface area contributed by atoms with Crippen molar-refractivity contribution in [3.8, 4) is 5.75 Å². The van der Waals surface area contributed by atoms with Gasteiger partial charge in [-0.1, -0.05) is 30.3 Å². The van der Waals surface area contributed by atoms with Crippen LogP contribution in [0.25, 0.3) is 10.9 Å². The fourth-order valence-corrected chi connectivity index (χ4v) is 2.28. The Morgan fingerprint density at radius 1 is 1.00 bits per heavy atom. The Labute approximate surface area is 124 Å². The van der Waals surface area contributed by atoms with Gasteiger partial charge in [-0.2, -0.15) is 0 Å². The third kappa shape index (κ3) is 3.51. The number of fused-ring (bicyclic) bond motifs is 1. The zero-order chi connectivity index (χ0) is 14.5. The molecule has 3 aromatic rings. The Bertz CT molecular complexity index is 723. The molecule has 2 aromatic carbocycles. The molecule has 0 saturated carbocycles. The smallest absolute Gasteiger partial charge is 0.138 e. The summed E-state index contributed by atoms with van der Waals surface area (Å²) >= 11 is 0. The van der Waals surface area contributed by atoms with E-state index in [9.17, 15) is 0 Å². The van der Waals surface area contributed by atoms with Crippen LogP contribution in [-0.4, -0.2) is 11.6 Å². The van der Waals surface area contributed by atoms with Crippen LogP contribution in [0.3, 0.4) is 0 Å². The van der Waals surface area contributed by atoms with Gasteiger partial charge in [0.2, 0.25) is 0 Å². The summed E-state index contributed by atoms with van der Waals surface area (Å²) < 4.78 is 5.77. The molecule has 0 bridgehead atoms. The number of benzene rings is 2. The Balaban J connectivity index is 1.53. The topological polar surface area (TPSA) is 48.1 Å². The SMILES string of the molecule is Nc1ccc(CCCOc2cnc3ccccc3c2)cc1. The number of aryl methyl sites for hydroxylation is 1. The van der Waals surface area contributed by atoms with Crippen molar-refractivity contribution in [2.75, 3.05) is 12.3 Å². The maximum Gasteiger partial charge on any atom is 0.138 e. The number of nitrogens with two attached hydrogens (primary N) is 1. The minimum Gasteiger partial charge on any atom is -0.492 e. The quantitative estimate of drug-likeness (QED) is 0.570. The molecule has 3 heteroatoms. The van der Waals surface area contributed by atoms with Crippen LogP contribution in [0.5, 0.6) is 5.75 Å². The number of pyridine rings is 1. The summed E-state index contributed by atoms with van der Waals surface area (Å²) in [5.74, 6) is 0.825. The van der Waals surface area contributed by atoms with Crippen LogP contribution >= 0.6 is 0 Å². The van der Waals surface area contributed by atoms with E-state index in [2.05, 4.69) is 17.1 Å². The second-order valence-electron chi connectivity index (χ2n) is 5.06. The van der Waals surface area contributed by atoms with Gasteiger partial charge >= 0.3 is 0 Å². The van der Waals surface area contributed by atoms with E-state index in [1.165, 1.54) is 5.56 Å². The fourth-order valence-electron chi connectivity index (χ4n) is 2.28. The van der Waals surface area contributed by atoms with Crippen LogP contribution in [0, 0.1) is 0 Å². The van der Waals surface area contributed by atoms with Crippen LogP contribution in [0.2, 0.25) is 0 Å². The summed E-state index contributed by atoms with van der Waals surface area (Å²) in [5.41, 5.74) is 8.75. The van der Waals surface area contributed by atoms with Crippen molar-refractivity contribution >= 4 is 16.6 Å². The maximum atomic E-state index is 5.77. The molecule has 0 aliphatic heterocycles. The van der Waals surface area contributed by atoms with E-state index in [0.29, 0.717) is 6.61 Å². The molecule has 1 heterocycles. The lowest BCUT2D eigenvalue weighted by Gasteiger charge is -2.07. The molecule has 3 nitrogen and oxygen atoms in total. The van der Waals surface area contributed by atoms with E-state index in [-0.39, 0.29) is 0 Å². The normalized spacial score (nSPS) is 10.7. The molecular formula is C18H18N2O. The van der Waals surface area contributed by atoms with Gasteiger partial charge in [-0.25, -0.2) is 0 Å². The minimum atomic E-state index is 0.685. The zero-order valence-corrected chi connectivity index (χ0v) is 11.8. The lowest BCUT2D eigenvalue weighted by atomic mass is 10.1. The number of hydrogen-bond donors (Lipinski definition) is 1. The minimum absolute atomic E-state index is 0.685. The van der Waals surface area contributed by atoms with Crippen molar-refractivity contribution < 1.29 is 4.74 Å². The molecule has 0 saturated heterocycles. The first-order chi connectivity index (χ1) is 10.3. The standard InChI is InChI=1S/C18H18N2O/c19-16-9-7-14(8-10-16)4-3-11-21-17-12-15-5-1-2-6-18(15)20-13-17/h1-2,5-10,12-13H,3-4,11,19H2. The molecule has 0 amide bonds. The van der Waals surface area contributed by atoms with Crippen molar-refractivity contribution in [1.29, 1.82) is 0 Å². The monoisotopic (exact) mass is 278 g/mol. The predicted octanol–water partition coefficient (Wildman–Crippen LogP) is 3.83. The highest BCUT2D eigenvalue weighted by Gasteiger charge is 1.99. The Morgan fingerprint density at radius 2 is 1.81 bits per heavy atom. The van der Waals surface area contributed by atoms with Gasteiger partial charge in [0.05, 0.1) is 18.3 Å². The van der Waals surface area contributed by atoms with Crippen molar-refractivity contribution in [3.63, 3.8) is 0 Å². The van der Waals surface area contributed by atoms with Crippen molar-refractivity contribution in [3.05, 3.63) is 66.4 Å². The molecule has 0 fully saturated rings. The van der Waals surface area contributed by atoms with Crippen molar-refractivity contribution in [2.45, 2.75) is 12.8 Å². The summed E-state index contributed by atoms with van der Waals surface area (Å²) in [6, 6.07) is 18.1. The molecule has 0 unspecified atom stereocenters. The van der Waals surface area contributed by atoms with E-state index in [4.69, 9.17) is 10.5 Å². The average Bonchev–Trinajstić information content (AvgIpc) is 2.53. The summed E-state index contributed by atoms with van der Waals surface area (Å²) in [6.45, 7) is 0.685. The van der Waals surface area contributed by atoms with Crippen molar-refractivity contribution in [1.82, 2.24) is 4.98 Å². The molecule has 0 aliphatic rings. The lowest BCUT2D eigenvalue weighted by Crippen LogP contribution is -2.00. The number of hydrogen-bond acceptors (Lipinski definition) is 3. The number of para-hydroxylation sites is 1. The summed E-state index contributed by atoms with van der Waals surface area (Å²) in [5, 5.41) is 1.11. The van der Waals surface area contributed by atoms with E-state index >= 15 is 0 Å². The van der Waals surface area contributed by atoms with Crippen LogP contribution < -0.4 is 10.5 Å². The highest BCUT2D eigenvalue weighted by Crippen LogP contribution is 2.18. The van der Waals surface area contributed by atoms with Gasteiger partial charge in [0.1, 0.15) is 5.75 Å². The highest BCUT2D eigenvalue weighted by atomic mass is 16.5. The molecule has 106 valence electrons. The predicted molar refractivity (Wildman–Crippen MR) is 86.4 cm³/mol. The summed E-state index contributed by atoms with van der Waals surface area (Å²) in [4.78, 5) is 4.39. The van der Waals surface area contributed by atoms with Gasteiger partial charge in [0, 0.05) is 11.1 Å². The maximum absolute atomic E-state index is 5.77. The van der Waals surface area contributed by atoms with E-state index in [1.54, 1.807) is 6.20 Å². The molecule has 0 spiro atoms. The van der Waals surface area contributed by atoms with Crippen molar-refractivity contribution in [2.24, 2.45) is 0 Å². The molecule has 0 aliphatic carbocycles. The number of aromatic nitrogens is 1. The Hall–Kier alpha value is -2.55. The first-order valence-electron chi connectivity index (χ1n) is 7.13. The fraction of sp³-hybridized carbons (Fsp3) is 0.167. The summed E-state index contributed by atoms with van der Waals surface area (Å²) in [6.07, 6.45) is 3.74. The van der Waals surface area contributed by atoms with Crippen LogP contribution in [0.1, 0.15) is 12.0 Å². The van der Waals surface area contributed by atoms with Gasteiger partial charge in [-0.3, -0.25) is 4.98 Å². The van der Waals surface area contributed by atoms with Gasteiger partial charge in [-0.05, 0) is 42.7 Å². The Kier molecular flexibility index (Phi) is 4.01. The number of rotatable bonds is 5. The third-order valence-electron chi connectivity index (χ3n) is 3.42. The average molecular weight is 278 g/mol. The second kappa shape index (κ2) is 6.27. The van der Waals surface area contributed by atoms with Gasteiger partial charge < -0.3 is 10.5 Å². The molecule has 2 N–H and O–H groups in total. The highest BCUT2D eigenvalue weighted by molar-refractivity contribution is 5.79. The number of nitrogen functional groups attached to an aromatic ring is 1. The van der Waals surface area contributed by atoms with Gasteiger partial charge in [-0.15, -0.1) is 0 Å². The first-order valence-corrected chi connectivity index (χ1v) is 7.13. The molecule has 1 aromatic heterocycles. The van der Waals surface area contributed by atoms with Crippen LogP contribution in [0.15, 0.2) is 60.8 Å². The molecular weight excluding hydrogens is 260 g/mol.